The summed E-state index contributed by atoms with van der Waals surface area (Å²) in [5.41, 5.74) is 15.4. The lowest BCUT2D eigenvalue weighted by Gasteiger charge is -2.63. The van der Waals surface area contributed by atoms with Crippen LogP contribution in [0, 0.1) is 23.7 Å². The minimum Gasteiger partial charge on any atom is -0.310 e. The van der Waals surface area contributed by atoms with Gasteiger partial charge in [0.05, 0.1) is 5.69 Å². The van der Waals surface area contributed by atoms with Crippen LogP contribution in [0.1, 0.15) is 94.9 Å². The fourth-order valence-corrected chi connectivity index (χ4v) is 14.6. The predicted molar refractivity (Wildman–Crippen MR) is 253 cm³/mol. The van der Waals surface area contributed by atoms with E-state index < -0.39 is 0 Å². The van der Waals surface area contributed by atoms with Crippen LogP contribution in [0.15, 0.2) is 161 Å². The third kappa shape index (κ3) is 5.52. The lowest BCUT2D eigenvalue weighted by atomic mass is 9.42. The molecule has 5 aliphatic carbocycles. The van der Waals surface area contributed by atoms with E-state index in [1.807, 2.05) is 11.8 Å². The Morgan fingerprint density at radius 1 is 0.467 bits per heavy atom. The molecule has 0 unspecified atom stereocenters. The van der Waals surface area contributed by atoms with E-state index in [1.54, 1.807) is 11.1 Å². The van der Waals surface area contributed by atoms with Crippen LogP contribution in [0.25, 0.3) is 33.0 Å². The number of fused-ring (bicyclic) bond motifs is 4. The first-order chi connectivity index (χ1) is 29.2. The van der Waals surface area contributed by atoms with Crippen molar-refractivity contribution in [1.29, 1.82) is 0 Å². The second-order valence-corrected chi connectivity index (χ2v) is 21.5. The Balaban J connectivity index is 1.05. The van der Waals surface area contributed by atoms with Crippen molar-refractivity contribution in [3.63, 3.8) is 0 Å². The van der Waals surface area contributed by atoms with Crippen LogP contribution in [-0.2, 0) is 16.2 Å². The van der Waals surface area contributed by atoms with E-state index in [2.05, 4.69) is 184 Å². The Morgan fingerprint density at radius 2 is 1.08 bits per heavy atom. The molecule has 60 heavy (non-hydrogen) atoms. The highest BCUT2D eigenvalue weighted by Gasteiger charge is 2.60. The normalized spacial score (nSPS) is 25.1. The molecule has 1 aliphatic heterocycles. The first-order valence-corrected chi connectivity index (χ1v) is 23.5. The van der Waals surface area contributed by atoms with Gasteiger partial charge >= 0.3 is 0 Å². The van der Waals surface area contributed by atoms with Crippen LogP contribution in [0.3, 0.4) is 0 Å². The largest absolute Gasteiger partial charge is 0.310 e. The molecule has 1 nitrogen and oxygen atoms in total. The van der Waals surface area contributed by atoms with Gasteiger partial charge in [-0.15, -0.1) is 0 Å². The maximum atomic E-state index is 2.66. The summed E-state index contributed by atoms with van der Waals surface area (Å²) in [6.45, 7) is 9.76. The van der Waals surface area contributed by atoms with Gasteiger partial charge in [-0.3, -0.25) is 0 Å². The molecule has 4 bridgehead atoms. The van der Waals surface area contributed by atoms with E-state index in [9.17, 15) is 0 Å². The minimum absolute atomic E-state index is 0.0703. The van der Waals surface area contributed by atoms with E-state index in [-0.39, 0.29) is 16.2 Å². The summed E-state index contributed by atoms with van der Waals surface area (Å²) in [6, 6.07) is 58.6. The van der Waals surface area contributed by atoms with E-state index in [1.165, 1.54) is 116 Å². The summed E-state index contributed by atoms with van der Waals surface area (Å²) in [7, 11) is 0. The smallest absolute Gasteiger partial charge is 0.0540 e. The maximum Gasteiger partial charge on any atom is 0.0540 e. The molecule has 2 heteroatoms. The van der Waals surface area contributed by atoms with Crippen LogP contribution in [0.4, 0.5) is 17.1 Å². The Kier molecular flexibility index (Phi) is 8.26. The van der Waals surface area contributed by atoms with Gasteiger partial charge in [-0.2, -0.15) is 0 Å². The fraction of sp³-hybridized carbons (Fsp3) is 0.310. The van der Waals surface area contributed by atoms with Crippen LogP contribution >= 0.6 is 11.8 Å². The van der Waals surface area contributed by atoms with Gasteiger partial charge in [-0.25, -0.2) is 0 Å². The van der Waals surface area contributed by atoms with E-state index in [0.717, 1.165) is 11.8 Å². The molecule has 0 saturated heterocycles. The molecular formula is C58H55NS. The molecule has 0 amide bonds. The van der Waals surface area contributed by atoms with Gasteiger partial charge in [0.2, 0.25) is 0 Å². The summed E-state index contributed by atoms with van der Waals surface area (Å²) < 4.78 is 0. The highest BCUT2D eigenvalue weighted by Crippen LogP contribution is 2.69. The molecular weight excluding hydrogens is 743 g/mol. The number of para-hydroxylation sites is 1. The molecule has 0 aromatic heterocycles. The summed E-state index contributed by atoms with van der Waals surface area (Å²) in [6.07, 6.45) is 9.40. The Labute approximate surface area is 361 Å². The molecule has 7 aromatic carbocycles. The van der Waals surface area contributed by atoms with Crippen molar-refractivity contribution in [2.75, 3.05) is 4.90 Å². The zero-order valence-electron chi connectivity index (χ0n) is 35.5. The van der Waals surface area contributed by atoms with Gasteiger partial charge in [0, 0.05) is 32.1 Å². The molecule has 0 atom stereocenters. The highest BCUT2D eigenvalue weighted by molar-refractivity contribution is 7.99. The zero-order chi connectivity index (χ0) is 40.4. The quantitative estimate of drug-likeness (QED) is 0.171. The second kappa shape index (κ2) is 13.5. The lowest BCUT2D eigenvalue weighted by molar-refractivity contribution is -0.0443. The SMILES string of the molecule is CC1(C)CCC(C)(C)c2cc(-c3ccccc3N(c3ccc(-c4cccc5ccccc45)cc3)c3ccc4c(c3)C3(c5ccccc5S4)C4CC5CC(C4)CC3C5)ccc21. The number of hydrogen-bond acceptors (Lipinski definition) is 2. The van der Waals surface area contributed by atoms with Crippen molar-refractivity contribution in [1.82, 2.24) is 0 Å². The van der Waals surface area contributed by atoms with E-state index in [4.69, 9.17) is 0 Å². The first-order valence-electron chi connectivity index (χ1n) is 22.7. The van der Waals surface area contributed by atoms with Gasteiger partial charge in [0.25, 0.3) is 0 Å². The summed E-state index contributed by atoms with van der Waals surface area (Å²) in [5, 5.41) is 2.57. The Bertz CT molecular complexity index is 2790. The van der Waals surface area contributed by atoms with Crippen molar-refractivity contribution in [3.8, 4) is 22.3 Å². The van der Waals surface area contributed by atoms with E-state index >= 15 is 0 Å². The van der Waals surface area contributed by atoms with Gasteiger partial charge in [-0.05, 0) is 172 Å². The molecule has 4 fully saturated rings. The standard InChI is InChI=1S/C58H55NS/c1-56(2)28-29-57(3,4)51-35-41(22-26-49(51)56)48-15-7-9-18-53(48)59(44-23-20-40(21-24-44)47-16-11-13-39-12-5-6-14-46(39)47)45-25-27-55-52(36-45)58(50-17-8-10-19-54(50)60-55)42-31-37-30-38(33-42)34-43(58)32-37/h5-27,35-38,42-43H,28-34H2,1-4H3. The number of rotatable bonds is 5. The number of anilines is 3. The number of benzene rings is 7. The topological polar surface area (TPSA) is 3.24 Å². The Hall–Kier alpha value is -5.05. The van der Waals surface area contributed by atoms with Crippen LogP contribution < -0.4 is 4.90 Å². The van der Waals surface area contributed by atoms with Crippen molar-refractivity contribution in [2.24, 2.45) is 23.7 Å². The highest BCUT2D eigenvalue weighted by atomic mass is 32.2. The predicted octanol–water partition coefficient (Wildman–Crippen LogP) is 16.2. The third-order valence-corrected chi connectivity index (χ3v) is 17.3. The van der Waals surface area contributed by atoms with Crippen LogP contribution in [0.5, 0.6) is 0 Å². The van der Waals surface area contributed by atoms with Crippen molar-refractivity contribution in [3.05, 3.63) is 174 Å². The number of nitrogens with zero attached hydrogens (tertiary/aromatic N) is 1. The molecule has 6 aliphatic rings. The van der Waals surface area contributed by atoms with Crippen LogP contribution in [0.2, 0.25) is 0 Å². The molecule has 4 saturated carbocycles. The number of hydrogen-bond donors (Lipinski definition) is 0. The lowest BCUT2D eigenvalue weighted by Crippen LogP contribution is -2.57. The van der Waals surface area contributed by atoms with Gasteiger partial charge in [-0.1, -0.05) is 149 Å². The van der Waals surface area contributed by atoms with Crippen molar-refractivity contribution in [2.45, 2.75) is 98.7 Å². The van der Waals surface area contributed by atoms with E-state index in [0.29, 0.717) is 11.8 Å². The fourth-order valence-electron chi connectivity index (χ4n) is 13.4. The molecule has 7 aromatic rings. The molecule has 0 radical (unpaired) electrons. The molecule has 13 rings (SSSR count). The summed E-state index contributed by atoms with van der Waals surface area (Å²) in [4.78, 5) is 5.53. The van der Waals surface area contributed by atoms with Crippen LogP contribution in [-0.4, -0.2) is 0 Å². The summed E-state index contributed by atoms with van der Waals surface area (Å²) in [5.74, 6) is 3.21. The zero-order valence-corrected chi connectivity index (χ0v) is 36.4. The average molecular weight is 798 g/mol. The average Bonchev–Trinajstić information content (AvgIpc) is 3.27. The van der Waals surface area contributed by atoms with Gasteiger partial charge in [0.1, 0.15) is 0 Å². The van der Waals surface area contributed by atoms with Crippen molar-refractivity contribution >= 4 is 39.6 Å². The summed E-state index contributed by atoms with van der Waals surface area (Å²) >= 11 is 2.01. The van der Waals surface area contributed by atoms with Gasteiger partial charge in [0.15, 0.2) is 0 Å². The monoisotopic (exact) mass is 797 g/mol. The molecule has 1 heterocycles. The molecule has 1 spiro atoms. The maximum absolute atomic E-state index is 2.66. The minimum atomic E-state index is 0.0703. The van der Waals surface area contributed by atoms with Crippen molar-refractivity contribution < 1.29 is 0 Å². The third-order valence-electron chi connectivity index (χ3n) is 16.2. The first kappa shape index (κ1) is 36.8. The van der Waals surface area contributed by atoms with Gasteiger partial charge < -0.3 is 4.90 Å². The molecule has 298 valence electrons. The Morgan fingerprint density at radius 3 is 1.88 bits per heavy atom. The molecule has 0 N–H and O–H groups in total. The second-order valence-electron chi connectivity index (χ2n) is 20.4.